The molecule has 3 rings (SSSR count). The Morgan fingerprint density at radius 1 is 1.39 bits per heavy atom. The quantitative estimate of drug-likeness (QED) is 0.874. The second-order valence-electron chi connectivity index (χ2n) is 6.09. The second-order valence-corrected chi connectivity index (χ2v) is 6.09. The molecule has 3 heterocycles. The molecule has 1 aliphatic heterocycles. The highest BCUT2D eigenvalue weighted by molar-refractivity contribution is 5.09. The summed E-state index contributed by atoms with van der Waals surface area (Å²) in [5.74, 6) is 1.99. The molecule has 1 fully saturated rings. The van der Waals surface area contributed by atoms with Crippen LogP contribution in [0.1, 0.15) is 56.1 Å². The highest BCUT2D eigenvalue weighted by Gasteiger charge is 2.28. The summed E-state index contributed by atoms with van der Waals surface area (Å²) in [4.78, 5) is 6.85. The minimum absolute atomic E-state index is 0.126. The number of piperidine rings is 1. The fourth-order valence-electron chi connectivity index (χ4n) is 3.29. The average molecular weight is 319 g/mol. The monoisotopic (exact) mass is 319 g/mol. The average Bonchev–Trinajstić information content (AvgIpc) is 3.24. The SMILES string of the molecule is CCc1noc(C(C)N2CCC(c3ccnn3CCO)CC2)n1. The smallest absolute Gasteiger partial charge is 0.243 e. The van der Waals surface area contributed by atoms with Crippen molar-refractivity contribution in [3.05, 3.63) is 29.7 Å². The van der Waals surface area contributed by atoms with Gasteiger partial charge in [0.2, 0.25) is 5.89 Å². The lowest BCUT2D eigenvalue weighted by Crippen LogP contribution is -2.35. The van der Waals surface area contributed by atoms with E-state index in [0.717, 1.165) is 38.2 Å². The number of aromatic nitrogens is 4. The maximum Gasteiger partial charge on any atom is 0.243 e. The number of hydrogen-bond acceptors (Lipinski definition) is 6. The molecule has 0 saturated carbocycles. The Morgan fingerprint density at radius 3 is 2.83 bits per heavy atom. The molecule has 2 aromatic rings. The van der Waals surface area contributed by atoms with E-state index in [2.05, 4.69) is 33.1 Å². The molecule has 0 bridgehead atoms. The Hall–Kier alpha value is -1.73. The fourth-order valence-corrected chi connectivity index (χ4v) is 3.29. The molecular formula is C16H25N5O2. The van der Waals surface area contributed by atoms with Crippen molar-refractivity contribution in [2.45, 2.75) is 51.6 Å². The molecule has 0 amide bonds. The van der Waals surface area contributed by atoms with Crippen molar-refractivity contribution in [1.29, 1.82) is 0 Å². The third kappa shape index (κ3) is 3.45. The summed E-state index contributed by atoms with van der Waals surface area (Å²) in [5.41, 5.74) is 1.23. The predicted octanol–water partition coefficient (Wildman–Crippen LogP) is 1.76. The van der Waals surface area contributed by atoms with Gasteiger partial charge in [0, 0.05) is 24.2 Å². The van der Waals surface area contributed by atoms with Crippen LogP contribution >= 0.6 is 0 Å². The molecule has 1 atom stereocenters. The summed E-state index contributed by atoms with van der Waals surface area (Å²) in [7, 11) is 0. The minimum atomic E-state index is 0.126. The van der Waals surface area contributed by atoms with Crippen LogP contribution in [0.25, 0.3) is 0 Å². The molecule has 7 heteroatoms. The van der Waals surface area contributed by atoms with Gasteiger partial charge in [-0.2, -0.15) is 10.1 Å². The molecule has 0 spiro atoms. The van der Waals surface area contributed by atoms with E-state index in [1.54, 1.807) is 0 Å². The van der Waals surface area contributed by atoms with Gasteiger partial charge in [0.25, 0.3) is 0 Å². The van der Waals surface area contributed by atoms with Crippen molar-refractivity contribution in [2.24, 2.45) is 0 Å². The molecule has 7 nitrogen and oxygen atoms in total. The maximum atomic E-state index is 9.13. The van der Waals surface area contributed by atoms with Gasteiger partial charge >= 0.3 is 0 Å². The Morgan fingerprint density at radius 2 is 2.17 bits per heavy atom. The predicted molar refractivity (Wildman–Crippen MR) is 85.0 cm³/mol. The summed E-state index contributed by atoms with van der Waals surface area (Å²) >= 11 is 0. The van der Waals surface area contributed by atoms with Crippen LogP contribution < -0.4 is 0 Å². The zero-order valence-corrected chi connectivity index (χ0v) is 13.9. The summed E-state index contributed by atoms with van der Waals surface area (Å²) in [6.07, 6.45) is 4.78. The van der Waals surface area contributed by atoms with Crippen LogP contribution in [0.5, 0.6) is 0 Å². The van der Waals surface area contributed by atoms with Crippen molar-refractivity contribution >= 4 is 0 Å². The topological polar surface area (TPSA) is 80.2 Å². The molecule has 0 radical (unpaired) electrons. The van der Waals surface area contributed by atoms with Gasteiger partial charge in [-0.3, -0.25) is 9.58 Å². The molecule has 1 aliphatic rings. The first kappa shape index (κ1) is 16.1. The lowest BCUT2D eigenvalue weighted by atomic mass is 9.92. The van der Waals surface area contributed by atoms with Gasteiger partial charge in [-0.15, -0.1) is 0 Å². The van der Waals surface area contributed by atoms with E-state index in [4.69, 9.17) is 9.63 Å². The van der Waals surface area contributed by atoms with Gasteiger partial charge < -0.3 is 9.63 Å². The first-order valence-electron chi connectivity index (χ1n) is 8.42. The minimum Gasteiger partial charge on any atom is -0.394 e. The van der Waals surface area contributed by atoms with Crippen LogP contribution in [0.3, 0.4) is 0 Å². The van der Waals surface area contributed by atoms with E-state index in [1.165, 1.54) is 5.69 Å². The first-order chi connectivity index (χ1) is 11.2. The highest BCUT2D eigenvalue weighted by Crippen LogP contribution is 2.31. The number of aryl methyl sites for hydroxylation is 1. The van der Waals surface area contributed by atoms with E-state index >= 15 is 0 Å². The summed E-state index contributed by atoms with van der Waals surface area (Å²) in [6.45, 7) is 6.85. The van der Waals surface area contributed by atoms with Crippen LogP contribution in [-0.2, 0) is 13.0 Å². The van der Waals surface area contributed by atoms with E-state index in [-0.39, 0.29) is 12.6 Å². The van der Waals surface area contributed by atoms with E-state index in [0.29, 0.717) is 18.4 Å². The molecule has 1 N–H and O–H groups in total. The van der Waals surface area contributed by atoms with E-state index < -0.39 is 0 Å². The Balaban J connectivity index is 1.60. The van der Waals surface area contributed by atoms with E-state index in [1.807, 2.05) is 17.8 Å². The van der Waals surface area contributed by atoms with Crippen molar-refractivity contribution in [3.8, 4) is 0 Å². The molecular weight excluding hydrogens is 294 g/mol. The van der Waals surface area contributed by atoms with Crippen molar-refractivity contribution in [2.75, 3.05) is 19.7 Å². The standard InChI is InChI=1S/C16H25N5O2/c1-3-15-18-16(23-19-15)12(2)20-8-5-13(6-9-20)14-4-7-17-21(14)10-11-22/h4,7,12-13,22H,3,5-6,8-11H2,1-2H3. The number of hydrogen-bond donors (Lipinski definition) is 1. The normalized spacial score (nSPS) is 18.4. The lowest BCUT2D eigenvalue weighted by molar-refractivity contribution is 0.134. The third-order valence-electron chi connectivity index (χ3n) is 4.71. The van der Waals surface area contributed by atoms with Crippen molar-refractivity contribution in [3.63, 3.8) is 0 Å². The van der Waals surface area contributed by atoms with Gasteiger partial charge in [0.1, 0.15) is 0 Å². The van der Waals surface area contributed by atoms with Gasteiger partial charge in [-0.25, -0.2) is 0 Å². The molecule has 1 unspecified atom stereocenters. The maximum absolute atomic E-state index is 9.13. The summed E-state index contributed by atoms with van der Waals surface area (Å²) < 4.78 is 7.30. The zero-order valence-electron chi connectivity index (χ0n) is 13.9. The molecule has 23 heavy (non-hydrogen) atoms. The number of aliphatic hydroxyl groups excluding tert-OH is 1. The zero-order chi connectivity index (χ0) is 16.2. The van der Waals surface area contributed by atoms with Gasteiger partial charge in [0.05, 0.1) is 19.2 Å². The number of aliphatic hydroxyl groups is 1. The van der Waals surface area contributed by atoms with Crippen molar-refractivity contribution in [1.82, 2.24) is 24.8 Å². The van der Waals surface area contributed by atoms with Crippen LogP contribution in [0.4, 0.5) is 0 Å². The van der Waals surface area contributed by atoms with Crippen LogP contribution in [0.15, 0.2) is 16.8 Å². The Kier molecular flexibility index (Phi) is 5.07. The lowest BCUT2D eigenvalue weighted by Gasteiger charge is -2.34. The molecule has 2 aromatic heterocycles. The number of likely N-dealkylation sites (tertiary alicyclic amines) is 1. The molecule has 126 valence electrons. The highest BCUT2D eigenvalue weighted by atomic mass is 16.5. The van der Waals surface area contributed by atoms with Crippen molar-refractivity contribution < 1.29 is 9.63 Å². The second kappa shape index (κ2) is 7.23. The largest absolute Gasteiger partial charge is 0.394 e. The fraction of sp³-hybridized carbons (Fsp3) is 0.688. The third-order valence-corrected chi connectivity index (χ3v) is 4.71. The molecule has 1 saturated heterocycles. The van der Waals surface area contributed by atoms with Crippen LogP contribution in [-0.4, -0.2) is 49.6 Å². The van der Waals surface area contributed by atoms with Gasteiger partial charge in [-0.05, 0) is 38.9 Å². The van der Waals surface area contributed by atoms with Gasteiger partial charge in [-0.1, -0.05) is 12.1 Å². The van der Waals surface area contributed by atoms with Crippen LogP contribution in [0, 0.1) is 0 Å². The number of rotatable bonds is 6. The molecule has 0 aliphatic carbocycles. The number of nitrogens with zero attached hydrogens (tertiary/aromatic N) is 5. The molecule has 0 aromatic carbocycles. The summed E-state index contributed by atoms with van der Waals surface area (Å²) in [6, 6.07) is 2.23. The Labute approximate surface area is 136 Å². The first-order valence-corrected chi connectivity index (χ1v) is 8.42. The van der Waals surface area contributed by atoms with Crippen LogP contribution in [0.2, 0.25) is 0 Å². The van der Waals surface area contributed by atoms with Gasteiger partial charge in [0.15, 0.2) is 5.82 Å². The summed E-state index contributed by atoms with van der Waals surface area (Å²) in [5, 5.41) is 17.4. The Bertz CT molecular complexity index is 616. The van der Waals surface area contributed by atoms with E-state index in [9.17, 15) is 0 Å².